The largest absolute Gasteiger partial charge is 0.504 e. The highest BCUT2D eigenvalue weighted by Crippen LogP contribution is 2.32. The van der Waals surface area contributed by atoms with Gasteiger partial charge in [0.15, 0.2) is 17.3 Å². The summed E-state index contributed by atoms with van der Waals surface area (Å²) in [6.07, 6.45) is 6.47. The number of phenolic OH excluding ortho intramolecular Hbond substituents is 1. The lowest BCUT2D eigenvalue weighted by Gasteiger charge is -2.09. The average molecular weight is 334 g/mol. The Kier molecular flexibility index (Phi) is 8.79. The molecule has 0 aliphatic heterocycles. The number of hydrogen-bond acceptors (Lipinski definition) is 5. The van der Waals surface area contributed by atoms with E-state index in [0.29, 0.717) is 17.5 Å². The fourth-order valence-corrected chi connectivity index (χ4v) is 2.36. The first-order chi connectivity index (χ1) is 11.5. The predicted molar refractivity (Wildman–Crippen MR) is 93.3 cm³/mol. The molecule has 1 rings (SSSR count). The quantitative estimate of drug-likeness (QED) is 0.369. The molecule has 0 aliphatic rings. The Balaban J connectivity index is 2.73. The van der Waals surface area contributed by atoms with Gasteiger partial charge in [0, 0.05) is 18.6 Å². The Bertz CT molecular complexity index is 590. The van der Waals surface area contributed by atoms with Crippen LogP contribution in [0.3, 0.4) is 0 Å². The van der Waals surface area contributed by atoms with Gasteiger partial charge >= 0.3 is 0 Å². The number of aliphatic hydroxyl groups excluding tert-OH is 1. The van der Waals surface area contributed by atoms with Crippen molar-refractivity contribution < 1.29 is 24.5 Å². The zero-order valence-electron chi connectivity index (χ0n) is 14.4. The van der Waals surface area contributed by atoms with Crippen molar-refractivity contribution in [3.8, 4) is 11.5 Å². The lowest BCUT2D eigenvalue weighted by molar-refractivity contribution is -0.124. The van der Waals surface area contributed by atoms with Gasteiger partial charge in [-0.15, -0.1) is 0 Å². The van der Waals surface area contributed by atoms with E-state index in [1.807, 2.05) is 0 Å². The Morgan fingerprint density at radius 2 is 2.00 bits per heavy atom. The van der Waals surface area contributed by atoms with Crippen LogP contribution in [0.25, 0.3) is 6.08 Å². The zero-order chi connectivity index (χ0) is 17.9. The topological polar surface area (TPSA) is 83.8 Å². The molecule has 5 nitrogen and oxygen atoms in total. The fraction of sp³-hybridized carbons (Fsp3) is 0.474. The summed E-state index contributed by atoms with van der Waals surface area (Å²) >= 11 is 0. The fourth-order valence-electron chi connectivity index (χ4n) is 2.36. The van der Waals surface area contributed by atoms with E-state index in [0.717, 1.165) is 19.3 Å². The minimum absolute atomic E-state index is 0.0128. The number of phenols is 1. The number of rotatable bonds is 11. The molecule has 0 aliphatic carbocycles. The summed E-state index contributed by atoms with van der Waals surface area (Å²) < 4.78 is 5.09. The van der Waals surface area contributed by atoms with Crippen molar-refractivity contribution in [2.75, 3.05) is 13.7 Å². The van der Waals surface area contributed by atoms with Crippen molar-refractivity contribution in [3.63, 3.8) is 0 Å². The molecule has 24 heavy (non-hydrogen) atoms. The SMILES string of the molecule is CCCCCC(=O)CC(=O)C=Cc1cc(CCO)c(O)c(OC)c1. The van der Waals surface area contributed by atoms with Crippen LogP contribution in [-0.2, 0) is 16.0 Å². The normalized spacial score (nSPS) is 11.0. The second-order valence-electron chi connectivity index (χ2n) is 5.68. The van der Waals surface area contributed by atoms with Gasteiger partial charge in [-0.1, -0.05) is 25.8 Å². The minimum atomic E-state index is -0.243. The van der Waals surface area contributed by atoms with Crippen LogP contribution in [0.2, 0.25) is 0 Å². The lowest BCUT2D eigenvalue weighted by atomic mass is 10.0. The van der Waals surface area contributed by atoms with Crippen LogP contribution in [0, 0.1) is 0 Å². The number of carbonyl (C=O) groups is 2. The van der Waals surface area contributed by atoms with Crippen molar-refractivity contribution in [1.82, 2.24) is 0 Å². The molecule has 1 aromatic carbocycles. The molecule has 0 saturated heterocycles. The highest BCUT2D eigenvalue weighted by atomic mass is 16.5. The Morgan fingerprint density at radius 3 is 2.62 bits per heavy atom. The second kappa shape index (κ2) is 10.6. The second-order valence-corrected chi connectivity index (χ2v) is 5.68. The Labute approximate surface area is 143 Å². The van der Waals surface area contributed by atoms with Crippen LogP contribution in [-0.4, -0.2) is 35.5 Å². The maximum Gasteiger partial charge on any atom is 0.163 e. The lowest BCUT2D eigenvalue weighted by Crippen LogP contribution is -2.05. The maximum absolute atomic E-state index is 11.9. The van der Waals surface area contributed by atoms with Gasteiger partial charge < -0.3 is 14.9 Å². The summed E-state index contributed by atoms with van der Waals surface area (Å²) in [5.74, 6) is -0.0144. The molecule has 0 amide bonds. The third kappa shape index (κ3) is 6.54. The number of carbonyl (C=O) groups excluding carboxylic acids is 2. The number of aliphatic hydroxyl groups is 1. The minimum Gasteiger partial charge on any atom is -0.504 e. The molecule has 2 N–H and O–H groups in total. The molecule has 0 bridgehead atoms. The van der Waals surface area contributed by atoms with Gasteiger partial charge in [-0.05, 0) is 36.6 Å². The number of aromatic hydroxyl groups is 1. The molecule has 0 atom stereocenters. The molecule has 1 aromatic rings. The van der Waals surface area contributed by atoms with E-state index in [1.165, 1.54) is 13.2 Å². The summed E-state index contributed by atoms with van der Waals surface area (Å²) in [6.45, 7) is 1.96. The first-order valence-corrected chi connectivity index (χ1v) is 8.25. The summed E-state index contributed by atoms with van der Waals surface area (Å²) in [7, 11) is 1.44. The van der Waals surface area contributed by atoms with Crippen LogP contribution in [0.15, 0.2) is 18.2 Å². The number of unbranched alkanes of at least 4 members (excludes halogenated alkanes) is 2. The summed E-state index contributed by atoms with van der Waals surface area (Å²) in [5, 5.41) is 19.0. The number of ketones is 2. The van der Waals surface area contributed by atoms with Crippen LogP contribution >= 0.6 is 0 Å². The van der Waals surface area contributed by atoms with E-state index in [9.17, 15) is 14.7 Å². The Morgan fingerprint density at radius 1 is 1.25 bits per heavy atom. The molecular formula is C19H26O5. The third-order valence-electron chi connectivity index (χ3n) is 3.67. The van der Waals surface area contributed by atoms with E-state index >= 15 is 0 Å². The van der Waals surface area contributed by atoms with Gasteiger partial charge in [-0.25, -0.2) is 0 Å². The van der Waals surface area contributed by atoms with E-state index in [2.05, 4.69) is 6.92 Å². The van der Waals surface area contributed by atoms with Crippen LogP contribution in [0.4, 0.5) is 0 Å². The van der Waals surface area contributed by atoms with Gasteiger partial charge in [-0.3, -0.25) is 9.59 Å². The smallest absolute Gasteiger partial charge is 0.163 e. The molecule has 5 heteroatoms. The molecule has 0 fully saturated rings. The molecule has 0 radical (unpaired) electrons. The molecule has 0 unspecified atom stereocenters. The predicted octanol–water partition coefficient (Wildman–Crippen LogP) is 3.06. The van der Waals surface area contributed by atoms with Gasteiger partial charge in [0.05, 0.1) is 13.5 Å². The standard InChI is InChI=1S/C19H26O5/c1-3-4-5-6-16(21)13-17(22)8-7-14-11-15(9-10-20)19(23)18(12-14)24-2/h7-8,11-12,20,23H,3-6,9-10,13H2,1-2H3. The van der Waals surface area contributed by atoms with Crippen LogP contribution in [0.5, 0.6) is 11.5 Å². The Hall–Kier alpha value is -2.14. The van der Waals surface area contributed by atoms with E-state index in [4.69, 9.17) is 9.84 Å². The first-order valence-electron chi connectivity index (χ1n) is 8.25. The molecule has 0 saturated carbocycles. The van der Waals surface area contributed by atoms with Crippen molar-refractivity contribution in [3.05, 3.63) is 29.3 Å². The molecule has 132 valence electrons. The van der Waals surface area contributed by atoms with Crippen molar-refractivity contribution in [2.24, 2.45) is 0 Å². The monoisotopic (exact) mass is 334 g/mol. The van der Waals surface area contributed by atoms with Gasteiger partial charge in [0.25, 0.3) is 0 Å². The molecule has 0 aromatic heterocycles. The first kappa shape index (κ1) is 19.9. The van der Waals surface area contributed by atoms with E-state index in [-0.39, 0.29) is 42.5 Å². The number of methoxy groups -OCH3 is 1. The van der Waals surface area contributed by atoms with E-state index in [1.54, 1.807) is 18.2 Å². The van der Waals surface area contributed by atoms with Crippen LogP contribution in [0.1, 0.15) is 50.2 Å². The summed E-state index contributed by atoms with van der Waals surface area (Å²) in [4.78, 5) is 23.6. The van der Waals surface area contributed by atoms with Crippen molar-refractivity contribution >= 4 is 17.6 Å². The van der Waals surface area contributed by atoms with Crippen LogP contribution < -0.4 is 4.74 Å². The van der Waals surface area contributed by atoms with E-state index < -0.39 is 0 Å². The molecular weight excluding hydrogens is 308 g/mol. The maximum atomic E-state index is 11.9. The van der Waals surface area contributed by atoms with Gasteiger partial charge in [0.1, 0.15) is 5.78 Å². The number of hydrogen-bond donors (Lipinski definition) is 2. The van der Waals surface area contributed by atoms with Gasteiger partial charge in [0.2, 0.25) is 0 Å². The highest BCUT2D eigenvalue weighted by molar-refractivity contribution is 6.06. The van der Waals surface area contributed by atoms with Gasteiger partial charge in [-0.2, -0.15) is 0 Å². The average Bonchev–Trinajstić information content (AvgIpc) is 2.55. The number of Topliss-reactive ketones (excluding diaryl/α,β-unsaturated/α-hetero) is 1. The van der Waals surface area contributed by atoms with Crippen molar-refractivity contribution in [1.29, 1.82) is 0 Å². The summed E-state index contributed by atoms with van der Waals surface area (Å²) in [6, 6.07) is 3.28. The van der Waals surface area contributed by atoms with Crippen molar-refractivity contribution in [2.45, 2.75) is 45.4 Å². The number of allylic oxidation sites excluding steroid dienone is 1. The molecule has 0 heterocycles. The zero-order valence-corrected chi connectivity index (χ0v) is 14.4. The highest BCUT2D eigenvalue weighted by Gasteiger charge is 2.10. The molecule has 0 spiro atoms. The number of ether oxygens (including phenoxy) is 1. The number of benzene rings is 1. The summed E-state index contributed by atoms with van der Waals surface area (Å²) in [5.41, 5.74) is 1.21. The third-order valence-corrected chi connectivity index (χ3v) is 3.67.